The third kappa shape index (κ3) is 11.1. The first-order valence-corrected chi connectivity index (χ1v) is 11.9. The Morgan fingerprint density at radius 3 is 1.57 bits per heavy atom. The lowest BCUT2D eigenvalue weighted by Crippen LogP contribution is -2.34. The number of carbonyl (C=O) groups is 2. The van der Waals surface area contributed by atoms with Gasteiger partial charge in [-0.1, -0.05) is 96.8 Å². The van der Waals surface area contributed by atoms with Crippen LogP contribution in [-0.2, 0) is 19.1 Å². The van der Waals surface area contributed by atoms with Crippen LogP contribution in [0.5, 0.6) is 0 Å². The number of hydrogen-bond donors (Lipinski definition) is 0. The van der Waals surface area contributed by atoms with Crippen LogP contribution in [-0.4, -0.2) is 25.7 Å². The number of esters is 2. The maximum Gasteiger partial charge on any atom is 0.309 e. The number of hydrogen-bond acceptors (Lipinski definition) is 4. The normalized spacial score (nSPS) is 19.4. The highest BCUT2D eigenvalue weighted by atomic mass is 16.5. The highest BCUT2D eigenvalue weighted by molar-refractivity contribution is 5.82. The van der Waals surface area contributed by atoms with Crippen molar-refractivity contribution in [1.82, 2.24) is 0 Å². The minimum atomic E-state index is -0.308. The van der Waals surface area contributed by atoms with E-state index in [-0.39, 0.29) is 23.8 Å². The van der Waals surface area contributed by atoms with Gasteiger partial charge in [0.05, 0.1) is 25.6 Å². The fourth-order valence-corrected chi connectivity index (χ4v) is 4.25. The van der Waals surface area contributed by atoms with Gasteiger partial charge in [-0.2, -0.15) is 0 Å². The summed E-state index contributed by atoms with van der Waals surface area (Å²) in [5.74, 6) is -1.07. The summed E-state index contributed by atoms with van der Waals surface area (Å²) in [4.78, 5) is 24.2. The predicted molar refractivity (Wildman–Crippen MR) is 114 cm³/mol. The van der Waals surface area contributed by atoms with Gasteiger partial charge in [-0.25, -0.2) is 0 Å². The molecule has 1 fully saturated rings. The Bertz CT molecular complexity index is 407. The third-order valence-corrected chi connectivity index (χ3v) is 6.06. The van der Waals surface area contributed by atoms with E-state index in [0.717, 1.165) is 38.5 Å². The largest absolute Gasteiger partial charge is 0.469 e. The molecule has 1 aliphatic carbocycles. The summed E-state index contributed by atoms with van der Waals surface area (Å²) in [5, 5.41) is 0. The van der Waals surface area contributed by atoms with Crippen molar-refractivity contribution in [3.8, 4) is 0 Å². The Labute approximate surface area is 173 Å². The standard InChI is InChI=1S/C24H44O4/c1-3-4-5-6-7-8-9-10-11-12-13-14-17-20-28-24(26)22-19-16-15-18-21(22)23(25)27-2/h21-22H,3-20H2,1-2H3. The van der Waals surface area contributed by atoms with Gasteiger partial charge in [-0.05, 0) is 19.3 Å². The molecule has 0 spiro atoms. The lowest BCUT2D eigenvalue weighted by atomic mass is 9.79. The smallest absolute Gasteiger partial charge is 0.309 e. The van der Waals surface area contributed by atoms with E-state index in [1.165, 1.54) is 77.7 Å². The van der Waals surface area contributed by atoms with E-state index in [1.54, 1.807) is 0 Å². The average molecular weight is 397 g/mol. The summed E-state index contributed by atoms with van der Waals surface area (Å²) >= 11 is 0. The number of carbonyl (C=O) groups excluding carboxylic acids is 2. The number of rotatable bonds is 16. The van der Waals surface area contributed by atoms with Crippen LogP contribution in [0, 0.1) is 11.8 Å². The molecule has 2 atom stereocenters. The zero-order valence-electron chi connectivity index (χ0n) is 18.5. The van der Waals surface area contributed by atoms with Crippen LogP contribution >= 0.6 is 0 Å². The van der Waals surface area contributed by atoms with Crippen LogP contribution in [0.15, 0.2) is 0 Å². The minimum Gasteiger partial charge on any atom is -0.469 e. The first-order chi connectivity index (χ1) is 13.7. The Hall–Kier alpha value is -1.06. The molecule has 4 nitrogen and oxygen atoms in total. The van der Waals surface area contributed by atoms with Crippen LogP contribution in [0.2, 0.25) is 0 Å². The molecule has 1 saturated carbocycles. The highest BCUT2D eigenvalue weighted by Gasteiger charge is 2.37. The van der Waals surface area contributed by atoms with Gasteiger partial charge in [0.2, 0.25) is 0 Å². The summed E-state index contributed by atoms with van der Waals surface area (Å²) in [6.45, 7) is 2.75. The molecule has 0 saturated heterocycles. The lowest BCUT2D eigenvalue weighted by molar-refractivity contribution is -0.161. The second-order valence-corrected chi connectivity index (χ2v) is 8.43. The van der Waals surface area contributed by atoms with E-state index in [2.05, 4.69) is 6.92 Å². The Kier molecular flexibility index (Phi) is 15.0. The molecule has 4 heteroatoms. The fraction of sp³-hybridized carbons (Fsp3) is 0.917. The summed E-state index contributed by atoms with van der Waals surface area (Å²) in [6.07, 6.45) is 20.4. The number of methoxy groups -OCH3 is 1. The van der Waals surface area contributed by atoms with E-state index < -0.39 is 0 Å². The van der Waals surface area contributed by atoms with Crippen molar-refractivity contribution in [2.75, 3.05) is 13.7 Å². The first kappa shape index (κ1) is 25.0. The van der Waals surface area contributed by atoms with Gasteiger partial charge >= 0.3 is 11.9 Å². The van der Waals surface area contributed by atoms with Crippen LogP contribution in [0.1, 0.15) is 116 Å². The molecule has 0 N–H and O–H groups in total. The number of ether oxygens (including phenoxy) is 2. The molecule has 164 valence electrons. The zero-order valence-corrected chi connectivity index (χ0v) is 18.5. The fourth-order valence-electron chi connectivity index (χ4n) is 4.25. The second-order valence-electron chi connectivity index (χ2n) is 8.43. The molecule has 0 aromatic carbocycles. The van der Waals surface area contributed by atoms with Crippen molar-refractivity contribution in [3.05, 3.63) is 0 Å². The second kappa shape index (κ2) is 16.9. The van der Waals surface area contributed by atoms with Gasteiger partial charge in [0.1, 0.15) is 0 Å². The van der Waals surface area contributed by atoms with Crippen LogP contribution < -0.4 is 0 Å². The van der Waals surface area contributed by atoms with E-state index in [0.29, 0.717) is 6.61 Å². The third-order valence-electron chi connectivity index (χ3n) is 6.06. The van der Waals surface area contributed by atoms with Gasteiger partial charge in [0.15, 0.2) is 0 Å². The SMILES string of the molecule is CCCCCCCCCCCCCCCOC(=O)C1CCCCC1C(=O)OC. The predicted octanol–water partition coefficient (Wildman–Crippen LogP) is 6.60. The van der Waals surface area contributed by atoms with Crippen molar-refractivity contribution in [2.24, 2.45) is 11.8 Å². The van der Waals surface area contributed by atoms with Gasteiger partial charge in [-0.3, -0.25) is 9.59 Å². The minimum absolute atomic E-state index is 0.200. The summed E-state index contributed by atoms with van der Waals surface area (Å²) in [6, 6.07) is 0. The van der Waals surface area contributed by atoms with Gasteiger partial charge in [-0.15, -0.1) is 0 Å². The van der Waals surface area contributed by atoms with Crippen molar-refractivity contribution >= 4 is 11.9 Å². The summed E-state index contributed by atoms with van der Waals surface area (Å²) in [7, 11) is 1.40. The topological polar surface area (TPSA) is 52.6 Å². The van der Waals surface area contributed by atoms with Gasteiger partial charge in [0.25, 0.3) is 0 Å². The number of unbranched alkanes of at least 4 members (excludes halogenated alkanes) is 12. The van der Waals surface area contributed by atoms with E-state index >= 15 is 0 Å². The van der Waals surface area contributed by atoms with Crippen molar-refractivity contribution in [3.63, 3.8) is 0 Å². The molecule has 0 heterocycles. The molecule has 0 aromatic rings. The maximum atomic E-state index is 12.3. The molecule has 0 bridgehead atoms. The molecular formula is C24H44O4. The Balaban J connectivity index is 1.95. The molecule has 2 unspecified atom stereocenters. The first-order valence-electron chi connectivity index (χ1n) is 11.9. The van der Waals surface area contributed by atoms with Crippen LogP contribution in [0.4, 0.5) is 0 Å². The molecule has 1 aliphatic rings. The van der Waals surface area contributed by atoms with Crippen molar-refractivity contribution in [1.29, 1.82) is 0 Å². The maximum absolute atomic E-state index is 12.3. The quantitative estimate of drug-likeness (QED) is 0.218. The van der Waals surface area contributed by atoms with Crippen LogP contribution in [0.3, 0.4) is 0 Å². The summed E-state index contributed by atoms with van der Waals surface area (Å²) in [5.41, 5.74) is 0. The summed E-state index contributed by atoms with van der Waals surface area (Å²) < 4.78 is 10.3. The van der Waals surface area contributed by atoms with E-state index in [4.69, 9.17) is 9.47 Å². The van der Waals surface area contributed by atoms with E-state index in [1.807, 2.05) is 0 Å². The lowest BCUT2D eigenvalue weighted by Gasteiger charge is -2.27. The molecular weight excluding hydrogens is 352 g/mol. The van der Waals surface area contributed by atoms with Crippen molar-refractivity contribution in [2.45, 2.75) is 116 Å². The molecule has 0 amide bonds. The van der Waals surface area contributed by atoms with Crippen molar-refractivity contribution < 1.29 is 19.1 Å². The average Bonchev–Trinajstić information content (AvgIpc) is 2.73. The van der Waals surface area contributed by atoms with E-state index in [9.17, 15) is 9.59 Å². The molecule has 28 heavy (non-hydrogen) atoms. The molecule has 1 rings (SSSR count). The molecule has 0 radical (unpaired) electrons. The Morgan fingerprint density at radius 2 is 1.11 bits per heavy atom. The Morgan fingerprint density at radius 1 is 0.679 bits per heavy atom. The van der Waals surface area contributed by atoms with Crippen LogP contribution in [0.25, 0.3) is 0 Å². The van der Waals surface area contributed by atoms with Gasteiger partial charge < -0.3 is 9.47 Å². The van der Waals surface area contributed by atoms with Gasteiger partial charge in [0, 0.05) is 0 Å². The molecule has 0 aliphatic heterocycles. The monoisotopic (exact) mass is 396 g/mol. The zero-order chi connectivity index (χ0) is 20.5. The highest BCUT2D eigenvalue weighted by Crippen LogP contribution is 2.32. The molecule has 0 aromatic heterocycles.